The number of aromatic nitrogens is 2. The van der Waals surface area contributed by atoms with Crippen molar-refractivity contribution in [3.8, 4) is 0 Å². The lowest BCUT2D eigenvalue weighted by molar-refractivity contribution is 0.0948. The van der Waals surface area contributed by atoms with E-state index in [9.17, 15) is 4.79 Å². The van der Waals surface area contributed by atoms with E-state index in [1.165, 1.54) is 10.9 Å². The van der Waals surface area contributed by atoms with Crippen molar-refractivity contribution in [1.82, 2.24) is 15.2 Å². The van der Waals surface area contributed by atoms with Crippen LogP contribution in [0.4, 0.5) is 0 Å². The van der Waals surface area contributed by atoms with E-state index in [2.05, 4.69) is 31.6 Å². The second-order valence-corrected chi connectivity index (χ2v) is 5.56. The fourth-order valence-corrected chi connectivity index (χ4v) is 2.45. The van der Waals surface area contributed by atoms with Gasteiger partial charge in [-0.25, -0.2) is 5.43 Å². The maximum atomic E-state index is 11.8. The Morgan fingerprint density at radius 3 is 2.85 bits per heavy atom. The summed E-state index contributed by atoms with van der Waals surface area (Å²) in [7, 11) is 1.72. The number of hydrazone groups is 1. The third kappa shape index (κ3) is 3.59. The van der Waals surface area contributed by atoms with E-state index >= 15 is 0 Å². The molecule has 2 aromatic rings. The highest BCUT2D eigenvalue weighted by atomic mass is 79.9. The molecule has 0 fully saturated rings. The molecule has 0 aliphatic carbocycles. The maximum absolute atomic E-state index is 11.8. The van der Waals surface area contributed by atoms with E-state index < -0.39 is 5.91 Å². The average molecular weight is 376 g/mol. The molecule has 8 heteroatoms. The molecule has 1 N–H and O–H groups in total. The minimum absolute atomic E-state index is 0.256. The van der Waals surface area contributed by atoms with Gasteiger partial charge in [-0.2, -0.15) is 10.2 Å². The Morgan fingerprint density at radius 2 is 2.25 bits per heavy atom. The molecule has 20 heavy (non-hydrogen) atoms. The Hall–Kier alpha value is -1.37. The molecule has 0 radical (unpaired) electrons. The van der Waals surface area contributed by atoms with Crippen LogP contribution in [0, 0.1) is 0 Å². The van der Waals surface area contributed by atoms with Crippen LogP contribution in [0.25, 0.3) is 0 Å². The molecule has 1 amide bonds. The Morgan fingerprint density at radius 1 is 1.50 bits per heavy atom. The van der Waals surface area contributed by atoms with Gasteiger partial charge in [-0.15, -0.1) is 0 Å². The molecule has 0 aliphatic heterocycles. The number of nitrogens with one attached hydrogen (secondary N) is 1. The van der Waals surface area contributed by atoms with Crippen LogP contribution >= 0.6 is 39.1 Å². The van der Waals surface area contributed by atoms with Crippen LogP contribution in [0.5, 0.6) is 0 Å². The minimum Gasteiger partial charge on any atom is -0.274 e. The Labute approximate surface area is 133 Å². The van der Waals surface area contributed by atoms with Gasteiger partial charge in [0.25, 0.3) is 5.91 Å². The largest absolute Gasteiger partial charge is 0.293 e. The quantitative estimate of drug-likeness (QED) is 0.661. The standard InChI is InChI=1S/C12H9BrCl2N4O/c1-19-6-9(13)11(18-19)12(20)17-16-5-7-2-3-8(14)4-10(7)15/h2-6H,1H3,(H,17,20)/b16-5+. The first-order valence-electron chi connectivity index (χ1n) is 5.45. The molecule has 5 nitrogen and oxygen atoms in total. The summed E-state index contributed by atoms with van der Waals surface area (Å²) in [6.07, 6.45) is 3.11. The number of amides is 1. The molecule has 1 aromatic carbocycles. The highest BCUT2D eigenvalue weighted by Crippen LogP contribution is 2.19. The summed E-state index contributed by atoms with van der Waals surface area (Å²) >= 11 is 15.0. The molecule has 0 aliphatic rings. The van der Waals surface area contributed by atoms with Gasteiger partial charge in [0.05, 0.1) is 15.7 Å². The Bertz CT molecular complexity index is 684. The zero-order chi connectivity index (χ0) is 14.7. The summed E-state index contributed by atoms with van der Waals surface area (Å²) < 4.78 is 2.12. The van der Waals surface area contributed by atoms with Gasteiger partial charge in [-0.1, -0.05) is 29.3 Å². The summed E-state index contributed by atoms with van der Waals surface area (Å²) in [5.41, 5.74) is 3.28. The third-order valence-electron chi connectivity index (χ3n) is 2.33. The number of halogens is 3. The number of nitrogens with zero attached hydrogens (tertiary/aromatic N) is 3. The Balaban J connectivity index is 2.06. The van der Waals surface area contributed by atoms with Crippen LogP contribution in [0.15, 0.2) is 34.0 Å². The molecule has 1 aromatic heterocycles. The number of carbonyl (C=O) groups excluding carboxylic acids is 1. The fourth-order valence-electron chi connectivity index (χ4n) is 1.43. The van der Waals surface area contributed by atoms with Crippen LogP contribution in [0.3, 0.4) is 0 Å². The van der Waals surface area contributed by atoms with Crippen LogP contribution in [0.2, 0.25) is 10.0 Å². The molecule has 0 bridgehead atoms. The number of carbonyl (C=O) groups is 1. The number of benzene rings is 1. The molecule has 1 heterocycles. The Kier molecular flexibility index (Phi) is 4.80. The lowest BCUT2D eigenvalue weighted by atomic mass is 10.2. The van der Waals surface area contributed by atoms with Crippen molar-refractivity contribution in [3.05, 3.63) is 50.2 Å². The van der Waals surface area contributed by atoms with Crippen LogP contribution < -0.4 is 5.43 Å². The van der Waals surface area contributed by atoms with Crippen molar-refractivity contribution in [3.63, 3.8) is 0 Å². The van der Waals surface area contributed by atoms with Gasteiger partial charge in [0.1, 0.15) is 0 Å². The van der Waals surface area contributed by atoms with Crippen molar-refractivity contribution in [1.29, 1.82) is 0 Å². The minimum atomic E-state index is -0.418. The summed E-state index contributed by atoms with van der Waals surface area (Å²) in [5, 5.41) is 8.83. The van der Waals surface area contributed by atoms with E-state index in [-0.39, 0.29) is 5.69 Å². The van der Waals surface area contributed by atoms with E-state index in [0.29, 0.717) is 20.1 Å². The molecule has 0 saturated heterocycles. The second-order valence-electron chi connectivity index (χ2n) is 3.86. The lowest BCUT2D eigenvalue weighted by Gasteiger charge is -1.99. The summed E-state index contributed by atoms with van der Waals surface area (Å²) in [4.78, 5) is 11.8. The normalized spacial score (nSPS) is 11.0. The molecular formula is C12H9BrCl2N4O. The van der Waals surface area contributed by atoms with Gasteiger partial charge in [-0.3, -0.25) is 9.48 Å². The monoisotopic (exact) mass is 374 g/mol. The zero-order valence-electron chi connectivity index (χ0n) is 10.3. The first kappa shape index (κ1) is 15.0. The summed E-state index contributed by atoms with van der Waals surface area (Å²) in [6, 6.07) is 4.99. The highest BCUT2D eigenvalue weighted by Gasteiger charge is 2.13. The molecule has 2 rings (SSSR count). The summed E-state index contributed by atoms with van der Waals surface area (Å²) in [5.74, 6) is -0.418. The average Bonchev–Trinajstić information content (AvgIpc) is 2.71. The van der Waals surface area contributed by atoms with Gasteiger partial charge >= 0.3 is 0 Å². The topological polar surface area (TPSA) is 59.3 Å². The predicted molar refractivity (Wildman–Crippen MR) is 82.4 cm³/mol. The van der Waals surface area contributed by atoms with E-state index in [1.807, 2.05) is 0 Å². The van der Waals surface area contributed by atoms with Gasteiger partial charge in [-0.05, 0) is 28.1 Å². The molecule has 0 atom stereocenters. The van der Waals surface area contributed by atoms with Gasteiger partial charge in [0.15, 0.2) is 5.69 Å². The van der Waals surface area contributed by atoms with Gasteiger partial charge < -0.3 is 0 Å². The second kappa shape index (κ2) is 6.39. The molecule has 0 unspecified atom stereocenters. The van der Waals surface area contributed by atoms with Crippen LogP contribution in [-0.2, 0) is 7.05 Å². The van der Waals surface area contributed by atoms with Crippen LogP contribution in [0.1, 0.15) is 16.1 Å². The van der Waals surface area contributed by atoms with Crippen LogP contribution in [-0.4, -0.2) is 21.9 Å². The smallest absolute Gasteiger partial charge is 0.274 e. The zero-order valence-corrected chi connectivity index (χ0v) is 13.4. The SMILES string of the molecule is Cn1cc(Br)c(C(=O)N/N=C/c2ccc(Cl)cc2Cl)n1. The highest BCUT2D eigenvalue weighted by molar-refractivity contribution is 9.10. The van der Waals surface area contributed by atoms with Gasteiger partial charge in [0, 0.05) is 23.8 Å². The fraction of sp³-hybridized carbons (Fsp3) is 0.0833. The van der Waals surface area contributed by atoms with Gasteiger partial charge in [0.2, 0.25) is 0 Å². The van der Waals surface area contributed by atoms with Crippen molar-refractivity contribution < 1.29 is 4.79 Å². The summed E-state index contributed by atoms with van der Waals surface area (Å²) in [6.45, 7) is 0. The van der Waals surface area contributed by atoms with Crippen molar-refractivity contribution in [2.45, 2.75) is 0 Å². The number of hydrogen-bond donors (Lipinski definition) is 1. The first-order valence-corrected chi connectivity index (χ1v) is 7.00. The first-order chi connectivity index (χ1) is 9.47. The predicted octanol–water partition coefficient (Wildman–Crippen LogP) is 3.25. The van der Waals surface area contributed by atoms with E-state index in [1.54, 1.807) is 31.4 Å². The molecule has 0 saturated carbocycles. The molecule has 104 valence electrons. The number of hydrogen-bond acceptors (Lipinski definition) is 3. The maximum Gasteiger partial charge on any atom is 0.293 e. The van der Waals surface area contributed by atoms with Crippen molar-refractivity contribution >= 4 is 51.3 Å². The van der Waals surface area contributed by atoms with E-state index in [0.717, 1.165) is 0 Å². The molecule has 0 spiro atoms. The molecular weight excluding hydrogens is 367 g/mol. The van der Waals surface area contributed by atoms with Crippen molar-refractivity contribution in [2.75, 3.05) is 0 Å². The third-order valence-corrected chi connectivity index (χ3v) is 3.47. The number of rotatable bonds is 3. The number of aryl methyl sites for hydroxylation is 1. The van der Waals surface area contributed by atoms with E-state index in [4.69, 9.17) is 23.2 Å². The van der Waals surface area contributed by atoms with Crippen molar-refractivity contribution in [2.24, 2.45) is 12.1 Å². The lowest BCUT2D eigenvalue weighted by Crippen LogP contribution is -2.19.